The van der Waals surface area contributed by atoms with Crippen molar-refractivity contribution in [1.29, 1.82) is 0 Å². The Bertz CT molecular complexity index is 415. The summed E-state index contributed by atoms with van der Waals surface area (Å²) in [5, 5.41) is 24.0. The number of rotatable bonds is 5. The standard InChI is InChI=1S/C8H11N3O4S/c1-5(2)4-9-8-6(10(12)13)3-7(16-8)11(14)15/h3,5,9H,4H2,1-2H3. The molecule has 0 saturated carbocycles. The third-order valence-electron chi connectivity index (χ3n) is 1.75. The van der Waals surface area contributed by atoms with E-state index in [1.807, 2.05) is 13.8 Å². The summed E-state index contributed by atoms with van der Waals surface area (Å²) in [6.07, 6.45) is 0. The first-order valence-corrected chi connectivity index (χ1v) is 5.40. The molecule has 0 aliphatic rings. The van der Waals surface area contributed by atoms with Gasteiger partial charge >= 0.3 is 10.7 Å². The lowest BCUT2D eigenvalue weighted by molar-refractivity contribution is -0.389. The Morgan fingerprint density at radius 2 is 2.00 bits per heavy atom. The van der Waals surface area contributed by atoms with E-state index in [0.29, 0.717) is 12.5 Å². The molecule has 0 saturated heterocycles. The molecule has 1 N–H and O–H groups in total. The topological polar surface area (TPSA) is 98.3 Å². The zero-order valence-corrected chi connectivity index (χ0v) is 9.61. The van der Waals surface area contributed by atoms with Crippen LogP contribution in [0.2, 0.25) is 0 Å². The predicted octanol–water partition coefficient (Wildman–Crippen LogP) is 2.63. The molecular formula is C8H11N3O4S. The molecule has 1 heterocycles. The highest BCUT2D eigenvalue weighted by atomic mass is 32.1. The maximum Gasteiger partial charge on any atom is 0.333 e. The fourth-order valence-corrected chi connectivity index (χ4v) is 1.87. The Labute approximate surface area is 95.4 Å². The summed E-state index contributed by atoms with van der Waals surface area (Å²) in [7, 11) is 0. The van der Waals surface area contributed by atoms with Crippen LogP contribution in [0.1, 0.15) is 13.8 Å². The van der Waals surface area contributed by atoms with Gasteiger partial charge in [0.1, 0.15) is 6.07 Å². The van der Waals surface area contributed by atoms with Gasteiger partial charge in [0, 0.05) is 6.54 Å². The maximum absolute atomic E-state index is 10.7. The second-order valence-corrected chi connectivity index (χ2v) is 4.62. The molecule has 0 spiro atoms. The minimum atomic E-state index is -0.627. The van der Waals surface area contributed by atoms with Gasteiger partial charge in [0.2, 0.25) is 0 Å². The highest BCUT2D eigenvalue weighted by Gasteiger charge is 2.24. The van der Waals surface area contributed by atoms with E-state index in [1.165, 1.54) is 0 Å². The van der Waals surface area contributed by atoms with Gasteiger partial charge in [-0.15, -0.1) is 0 Å². The summed E-state index contributed by atoms with van der Waals surface area (Å²) in [6.45, 7) is 4.43. The Morgan fingerprint density at radius 3 is 2.44 bits per heavy atom. The van der Waals surface area contributed by atoms with Crippen LogP contribution in [-0.2, 0) is 0 Å². The van der Waals surface area contributed by atoms with Gasteiger partial charge in [0.05, 0.1) is 9.85 Å². The zero-order valence-electron chi connectivity index (χ0n) is 8.80. The lowest BCUT2D eigenvalue weighted by Gasteiger charge is -2.05. The molecule has 0 unspecified atom stereocenters. The second kappa shape index (κ2) is 4.88. The van der Waals surface area contributed by atoms with Crippen LogP contribution in [0.15, 0.2) is 6.07 Å². The van der Waals surface area contributed by atoms with E-state index in [0.717, 1.165) is 17.4 Å². The number of nitrogens with one attached hydrogen (secondary N) is 1. The van der Waals surface area contributed by atoms with E-state index in [9.17, 15) is 20.2 Å². The monoisotopic (exact) mass is 245 g/mol. The van der Waals surface area contributed by atoms with Crippen molar-refractivity contribution in [2.24, 2.45) is 5.92 Å². The highest BCUT2D eigenvalue weighted by molar-refractivity contribution is 7.19. The molecule has 1 rings (SSSR count). The molecule has 0 fully saturated rings. The van der Waals surface area contributed by atoms with Crippen LogP contribution in [0, 0.1) is 26.1 Å². The SMILES string of the molecule is CC(C)CNc1sc([N+](=O)[O-])cc1[N+](=O)[O-]. The summed E-state index contributed by atoms with van der Waals surface area (Å²) in [4.78, 5) is 19.9. The van der Waals surface area contributed by atoms with Gasteiger partial charge in [0.25, 0.3) is 0 Å². The third-order valence-corrected chi connectivity index (χ3v) is 2.78. The van der Waals surface area contributed by atoms with E-state index in [4.69, 9.17) is 0 Å². The summed E-state index contributed by atoms with van der Waals surface area (Å²) in [6, 6.07) is 0.979. The molecule has 0 aliphatic carbocycles. The smallest absolute Gasteiger partial charge is 0.333 e. The Balaban J connectivity index is 2.96. The Morgan fingerprint density at radius 1 is 1.38 bits per heavy atom. The van der Waals surface area contributed by atoms with Gasteiger partial charge in [-0.3, -0.25) is 20.2 Å². The molecule has 0 amide bonds. The molecule has 0 aromatic carbocycles. The molecule has 0 bridgehead atoms. The largest absolute Gasteiger partial charge is 0.371 e. The van der Waals surface area contributed by atoms with Crippen LogP contribution in [0.4, 0.5) is 15.7 Å². The molecule has 7 nitrogen and oxygen atoms in total. The lowest BCUT2D eigenvalue weighted by atomic mass is 10.2. The number of thiophene rings is 1. The molecule has 8 heteroatoms. The number of nitro groups is 2. The maximum atomic E-state index is 10.7. The molecule has 1 aromatic heterocycles. The van der Waals surface area contributed by atoms with Crippen LogP contribution in [0.3, 0.4) is 0 Å². The first kappa shape index (κ1) is 12.4. The van der Waals surface area contributed by atoms with Crippen LogP contribution < -0.4 is 5.32 Å². The van der Waals surface area contributed by atoms with Crippen molar-refractivity contribution < 1.29 is 9.85 Å². The van der Waals surface area contributed by atoms with Gasteiger partial charge in [-0.25, -0.2) is 0 Å². The van der Waals surface area contributed by atoms with Gasteiger partial charge in [0.15, 0.2) is 5.00 Å². The first-order valence-electron chi connectivity index (χ1n) is 4.58. The summed E-state index contributed by atoms with van der Waals surface area (Å²) >= 11 is 0.786. The van der Waals surface area contributed by atoms with Crippen molar-refractivity contribution in [3.8, 4) is 0 Å². The number of hydrogen-bond acceptors (Lipinski definition) is 6. The van der Waals surface area contributed by atoms with Crippen molar-refractivity contribution >= 4 is 27.0 Å². The zero-order chi connectivity index (χ0) is 12.3. The molecule has 0 atom stereocenters. The van der Waals surface area contributed by atoms with Crippen molar-refractivity contribution in [1.82, 2.24) is 0 Å². The number of anilines is 1. The summed E-state index contributed by atoms with van der Waals surface area (Å²) in [5.74, 6) is 0.306. The first-order chi connectivity index (χ1) is 7.41. The Hall–Kier alpha value is -1.70. The second-order valence-electron chi connectivity index (χ2n) is 3.59. The van der Waals surface area contributed by atoms with Crippen molar-refractivity contribution in [3.05, 3.63) is 26.3 Å². The fraction of sp³-hybridized carbons (Fsp3) is 0.500. The van der Waals surface area contributed by atoms with Crippen molar-refractivity contribution in [2.75, 3.05) is 11.9 Å². The van der Waals surface area contributed by atoms with Gasteiger partial charge < -0.3 is 5.32 Å². The average molecular weight is 245 g/mol. The van der Waals surface area contributed by atoms with Gasteiger partial charge in [-0.05, 0) is 17.3 Å². The molecule has 1 aromatic rings. The van der Waals surface area contributed by atoms with E-state index >= 15 is 0 Å². The normalized spacial score (nSPS) is 10.4. The summed E-state index contributed by atoms with van der Waals surface area (Å²) in [5.41, 5.74) is -0.239. The lowest BCUT2D eigenvalue weighted by Crippen LogP contribution is -2.07. The van der Waals surface area contributed by atoms with Gasteiger partial charge in [-0.1, -0.05) is 13.8 Å². The molecular weight excluding hydrogens is 234 g/mol. The molecule has 0 radical (unpaired) electrons. The molecule has 16 heavy (non-hydrogen) atoms. The van der Waals surface area contributed by atoms with Crippen molar-refractivity contribution in [2.45, 2.75) is 13.8 Å². The van der Waals surface area contributed by atoms with Crippen LogP contribution in [0.5, 0.6) is 0 Å². The third kappa shape index (κ3) is 2.89. The number of hydrogen-bond donors (Lipinski definition) is 1. The summed E-state index contributed by atoms with van der Waals surface area (Å²) < 4.78 is 0. The van der Waals surface area contributed by atoms with Crippen LogP contribution in [0.25, 0.3) is 0 Å². The molecule has 0 aliphatic heterocycles. The predicted molar refractivity (Wildman–Crippen MR) is 61.0 cm³/mol. The Kier molecular flexibility index (Phi) is 3.78. The van der Waals surface area contributed by atoms with E-state index < -0.39 is 9.85 Å². The quantitative estimate of drug-likeness (QED) is 0.635. The van der Waals surface area contributed by atoms with Crippen molar-refractivity contribution in [3.63, 3.8) is 0 Å². The average Bonchev–Trinajstić information content (AvgIpc) is 2.58. The van der Waals surface area contributed by atoms with Crippen LogP contribution in [-0.4, -0.2) is 16.4 Å². The molecule has 88 valence electrons. The van der Waals surface area contributed by atoms with E-state index in [2.05, 4.69) is 5.32 Å². The number of nitrogens with zero attached hydrogens (tertiary/aromatic N) is 2. The van der Waals surface area contributed by atoms with Crippen LogP contribution >= 0.6 is 11.3 Å². The van der Waals surface area contributed by atoms with E-state index in [1.54, 1.807) is 0 Å². The highest BCUT2D eigenvalue weighted by Crippen LogP contribution is 2.38. The van der Waals surface area contributed by atoms with Gasteiger partial charge in [-0.2, -0.15) is 0 Å². The van der Waals surface area contributed by atoms with E-state index in [-0.39, 0.29) is 15.7 Å². The fourth-order valence-electron chi connectivity index (χ4n) is 1.02. The minimum Gasteiger partial charge on any atom is -0.371 e. The minimum absolute atomic E-state index is 0.224.